The molecule has 0 spiro atoms. The number of aliphatic hydroxyl groups excluding tert-OH is 1. The van der Waals surface area contributed by atoms with Crippen molar-refractivity contribution in [3.63, 3.8) is 0 Å². The molecule has 1 amide bonds. The number of hydrogen-bond acceptors (Lipinski definition) is 5. The second-order valence-electron chi connectivity index (χ2n) is 10.4. The number of nitrogens with one attached hydrogen (secondary N) is 1. The second-order valence-corrected chi connectivity index (χ2v) is 13.8. The van der Waals surface area contributed by atoms with Crippen LogP contribution in [0, 0.1) is 5.92 Å². The number of aliphatic hydroxyl groups is 1. The summed E-state index contributed by atoms with van der Waals surface area (Å²) < 4.78 is 11.2. The minimum atomic E-state index is -2.00. The van der Waals surface area contributed by atoms with Crippen LogP contribution in [0.15, 0.2) is 108 Å². The lowest BCUT2D eigenvalue weighted by molar-refractivity contribution is -0.268. The van der Waals surface area contributed by atoms with Crippen LogP contribution >= 0.6 is 46.6 Å². The molecule has 1 aliphatic rings. The van der Waals surface area contributed by atoms with E-state index < -0.39 is 16.0 Å². The molecule has 224 valence electrons. The lowest BCUT2D eigenvalue weighted by atomic mass is 9.91. The van der Waals surface area contributed by atoms with E-state index >= 15 is 0 Å². The maximum Gasteiger partial charge on any atom is 0.272 e. The zero-order valence-electron chi connectivity index (χ0n) is 23.5. The highest BCUT2D eigenvalue weighted by Crippen LogP contribution is 2.43. The molecule has 5 nitrogen and oxygen atoms in total. The first-order chi connectivity index (χ1) is 20.7. The van der Waals surface area contributed by atoms with Gasteiger partial charge in [-0.3, -0.25) is 4.79 Å². The van der Waals surface area contributed by atoms with Crippen LogP contribution in [0.25, 0.3) is 11.1 Å². The molecule has 5 rings (SSSR count). The summed E-state index contributed by atoms with van der Waals surface area (Å²) in [6.07, 6.45) is -0.768. The van der Waals surface area contributed by atoms with Crippen molar-refractivity contribution in [3.8, 4) is 11.1 Å². The largest absolute Gasteiger partial charge is 0.392 e. The molecule has 0 saturated carbocycles. The smallest absolute Gasteiger partial charge is 0.272 e. The van der Waals surface area contributed by atoms with Gasteiger partial charge in [-0.15, -0.1) is 11.8 Å². The fourth-order valence-corrected chi connectivity index (χ4v) is 6.27. The van der Waals surface area contributed by atoms with Crippen molar-refractivity contribution in [3.05, 3.63) is 125 Å². The normalized spacial score (nSPS) is 20.5. The standard InChI is InChI=1S/C34H32Cl3NO4S/c1-22-30(21-43-29-8-3-2-4-9-29)41-32(42-31(22)26-12-10-23(20-39)11-13-26)27-16-14-25(15-17-27)28-7-5-6-24(18-28)19-38-33(40)34(35,36)37/h2-18,22,30-32,39H,19-21H2,1H3,(H,38,40)/t22-,30+,31+,32+/m0/s1. The predicted molar refractivity (Wildman–Crippen MR) is 174 cm³/mol. The summed E-state index contributed by atoms with van der Waals surface area (Å²) in [5.41, 5.74) is 5.73. The van der Waals surface area contributed by atoms with Crippen LogP contribution in [-0.2, 0) is 27.4 Å². The van der Waals surface area contributed by atoms with E-state index in [0.29, 0.717) is 0 Å². The molecule has 4 atom stereocenters. The summed E-state index contributed by atoms with van der Waals surface area (Å²) in [6, 6.07) is 34.2. The van der Waals surface area contributed by atoms with Crippen molar-refractivity contribution < 1.29 is 19.4 Å². The van der Waals surface area contributed by atoms with Gasteiger partial charge >= 0.3 is 0 Å². The zero-order valence-corrected chi connectivity index (χ0v) is 26.5. The van der Waals surface area contributed by atoms with E-state index in [2.05, 4.69) is 24.4 Å². The Hall–Kier alpha value is -2.55. The first kappa shape index (κ1) is 31.9. The van der Waals surface area contributed by atoms with Gasteiger partial charge in [0.15, 0.2) is 6.29 Å². The van der Waals surface area contributed by atoms with Crippen LogP contribution in [0.4, 0.5) is 0 Å². The average molecular weight is 657 g/mol. The Labute approximate surface area is 271 Å². The summed E-state index contributed by atoms with van der Waals surface area (Å²) in [6.45, 7) is 2.41. The molecule has 2 N–H and O–H groups in total. The van der Waals surface area contributed by atoms with E-state index in [9.17, 15) is 9.90 Å². The van der Waals surface area contributed by atoms with E-state index in [1.54, 1.807) is 11.8 Å². The molecule has 0 unspecified atom stereocenters. The predicted octanol–water partition coefficient (Wildman–Crippen LogP) is 8.42. The van der Waals surface area contributed by atoms with Gasteiger partial charge in [-0.25, -0.2) is 0 Å². The first-order valence-corrected chi connectivity index (χ1v) is 16.1. The van der Waals surface area contributed by atoms with Gasteiger partial charge in [-0.2, -0.15) is 0 Å². The van der Waals surface area contributed by atoms with Gasteiger partial charge in [-0.05, 0) is 46.0 Å². The molecule has 1 heterocycles. The maximum absolute atomic E-state index is 11.9. The molecule has 9 heteroatoms. The van der Waals surface area contributed by atoms with E-state index in [0.717, 1.165) is 39.1 Å². The van der Waals surface area contributed by atoms with Gasteiger partial charge in [0.2, 0.25) is 0 Å². The van der Waals surface area contributed by atoms with Crippen molar-refractivity contribution in [2.75, 3.05) is 5.75 Å². The number of halogens is 3. The summed E-state index contributed by atoms with van der Waals surface area (Å²) >= 11 is 18.8. The number of alkyl halides is 3. The van der Waals surface area contributed by atoms with Crippen molar-refractivity contribution in [1.82, 2.24) is 5.32 Å². The lowest BCUT2D eigenvalue weighted by Gasteiger charge is -2.41. The van der Waals surface area contributed by atoms with Crippen LogP contribution in [0.5, 0.6) is 0 Å². The molecule has 0 bridgehead atoms. The number of carbonyl (C=O) groups is 1. The third kappa shape index (κ3) is 8.34. The van der Waals surface area contributed by atoms with E-state index in [1.807, 2.05) is 91.0 Å². The van der Waals surface area contributed by atoms with Gasteiger partial charge in [-0.1, -0.05) is 127 Å². The fourth-order valence-electron chi connectivity index (χ4n) is 4.98. The molecule has 4 aromatic rings. The van der Waals surface area contributed by atoms with Crippen molar-refractivity contribution in [2.24, 2.45) is 5.92 Å². The number of carbonyl (C=O) groups excluding carboxylic acids is 1. The summed E-state index contributed by atoms with van der Waals surface area (Å²) in [7, 11) is 0. The summed E-state index contributed by atoms with van der Waals surface area (Å²) in [4.78, 5) is 13.1. The molecule has 1 fully saturated rings. The Morgan fingerprint density at radius 3 is 2.21 bits per heavy atom. The highest BCUT2D eigenvalue weighted by molar-refractivity contribution is 7.99. The van der Waals surface area contributed by atoms with Gasteiger partial charge in [0.25, 0.3) is 9.70 Å². The molecule has 0 aliphatic carbocycles. The summed E-state index contributed by atoms with van der Waals surface area (Å²) in [5.74, 6) is 0.226. The van der Waals surface area contributed by atoms with Crippen LogP contribution < -0.4 is 5.32 Å². The highest BCUT2D eigenvalue weighted by Gasteiger charge is 2.38. The van der Waals surface area contributed by atoms with E-state index in [4.69, 9.17) is 44.3 Å². The first-order valence-electron chi connectivity index (χ1n) is 13.9. The Kier molecular flexibility index (Phi) is 10.7. The minimum absolute atomic E-state index is 0.00227. The van der Waals surface area contributed by atoms with Crippen LogP contribution in [0.1, 0.15) is 41.6 Å². The van der Waals surface area contributed by atoms with Gasteiger partial charge in [0.1, 0.15) is 0 Å². The highest BCUT2D eigenvalue weighted by atomic mass is 35.6. The van der Waals surface area contributed by atoms with Gasteiger partial charge < -0.3 is 19.9 Å². The molecule has 0 aromatic heterocycles. The van der Waals surface area contributed by atoms with E-state index in [-0.39, 0.29) is 31.3 Å². The minimum Gasteiger partial charge on any atom is -0.392 e. The number of rotatable bonds is 9. The Balaban J connectivity index is 1.34. The number of thioether (sulfide) groups is 1. The Morgan fingerprint density at radius 1 is 0.837 bits per heavy atom. The molecular formula is C34H32Cl3NO4S. The zero-order chi connectivity index (χ0) is 30.4. The van der Waals surface area contributed by atoms with Gasteiger partial charge in [0, 0.05) is 28.7 Å². The van der Waals surface area contributed by atoms with Crippen molar-refractivity contribution in [2.45, 2.75) is 47.3 Å². The maximum atomic E-state index is 11.9. The fraction of sp³-hybridized carbons (Fsp3) is 0.265. The second kappa shape index (κ2) is 14.5. The third-order valence-electron chi connectivity index (χ3n) is 7.43. The topological polar surface area (TPSA) is 67.8 Å². The number of amides is 1. The number of benzene rings is 4. The van der Waals surface area contributed by atoms with Crippen LogP contribution in [-0.4, -0.2) is 26.7 Å². The van der Waals surface area contributed by atoms with E-state index in [1.165, 1.54) is 4.90 Å². The number of hydrogen-bond donors (Lipinski definition) is 2. The molecule has 43 heavy (non-hydrogen) atoms. The molecule has 0 radical (unpaired) electrons. The summed E-state index contributed by atoms with van der Waals surface area (Å²) in [5, 5.41) is 12.2. The van der Waals surface area contributed by atoms with Crippen molar-refractivity contribution in [1.29, 1.82) is 0 Å². The average Bonchev–Trinajstić information content (AvgIpc) is 3.03. The molecule has 1 aliphatic heterocycles. The lowest BCUT2D eigenvalue weighted by Crippen LogP contribution is -2.38. The van der Waals surface area contributed by atoms with Crippen LogP contribution in [0.2, 0.25) is 0 Å². The molecule has 1 saturated heterocycles. The molecular weight excluding hydrogens is 625 g/mol. The van der Waals surface area contributed by atoms with Crippen LogP contribution in [0.3, 0.4) is 0 Å². The Morgan fingerprint density at radius 2 is 1.53 bits per heavy atom. The SMILES string of the molecule is C[C@H]1[C@@H](CSc2ccccc2)O[C@@H](c2ccc(-c3cccc(CNC(=O)C(Cl)(Cl)Cl)c3)cc2)O[C@H]1c1ccc(CO)cc1. The third-order valence-corrected chi connectivity index (χ3v) is 9.05. The van der Waals surface area contributed by atoms with Crippen molar-refractivity contribution >= 4 is 52.5 Å². The quantitative estimate of drug-likeness (QED) is 0.140. The number of ether oxygens (including phenoxy) is 2. The Bertz CT molecular complexity index is 1500. The molecule has 4 aromatic carbocycles. The van der Waals surface area contributed by atoms with Gasteiger partial charge in [0.05, 0.1) is 18.8 Å². The monoisotopic (exact) mass is 655 g/mol.